The first-order valence-corrected chi connectivity index (χ1v) is 15.3. The summed E-state index contributed by atoms with van der Waals surface area (Å²) >= 11 is 5.45. The highest BCUT2D eigenvalue weighted by Crippen LogP contribution is 2.41. The summed E-state index contributed by atoms with van der Waals surface area (Å²) in [7, 11) is 0. The van der Waals surface area contributed by atoms with E-state index < -0.39 is 0 Å². The Morgan fingerprint density at radius 1 is 1.20 bits per heavy atom. The minimum Gasteiger partial charge on any atom is -0.487 e. The molecule has 0 unspecified atom stereocenters. The summed E-state index contributed by atoms with van der Waals surface area (Å²) in [5, 5.41) is 1.57. The van der Waals surface area contributed by atoms with E-state index in [4.69, 9.17) is 14.5 Å². The molecule has 0 N–H and O–H groups in total. The fraction of sp³-hybridized carbons (Fsp3) is 0.433. The smallest absolute Gasteiger partial charge is 0.410 e. The number of amides is 1. The second-order valence-electron chi connectivity index (χ2n) is 10.2. The molecule has 40 heavy (non-hydrogen) atoms. The zero-order valence-corrected chi connectivity index (χ0v) is 25.5. The van der Waals surface area contributed by atoms with Gasteiger partial charge >= 0.3 is 6.09 Å². The second-order valence-corrected chi connectivity index (χ2v) is 12.3. The third-order valence-corrected chi connectivity index (χ3v) is 8.89. The van der Waals surface area contributed by atoms with Gasteiger partial charge in [-0.05, 0) is 85.4 Å². The van der Waals surface area contributed by atoms with Gasteiger partial charge in [-0.3, -0.25) is 14.5 Å². The van der Waals surface area contributed by atoms with E-state index in [2.05, 4.69) is 56.1 Å². The zero-order valence-electron chi connectivity index (χ0n) is 23.1. The Labute approximate surface area is 248 Å². The topological polar surface area (TPSA) is 72.7 Å². The number of hydrogen-bond acceptors (Lipinski definition) is 7. The average molecular weight is 625 g/mol. The number of aromatic nitrogens is 3. The van der Waals surface area contributed by atoms with Crippen molar-refractivity contribution < 1.29 is 14.3 Å². The van der Waals surface area contributed by atoms with Gasteiger partial charge in [-0.15, -0.1) is 0 Å². The Bertz CT molecular complexity index is 1390. The second kappa shape index (κ2) is 13.1. The molecule has 2 fully saturated rings. The van der Waals surface area contributed by atoms with Crippen LogP contribution in [0.1, 0.15) is 43.5 Å². The third-order valence-electron chi connectivity index (χ3n) is 6.96. The van der Waals surface area contributed by atoms with Crippen LogP contribution in [0.3, 0.4) is 0 Å². The minimum atomic E-state index is -0.298. The minimum absolute atomic E-state index is 0.0640. The van der Waals surface area contributed by atoms with Crippen LogP contribution in [0.5, 0.6) is 5.75 Å². The Kier molecular flexibility index (Phi) is 9.35. The van der Waals surface area contributed by atoms with Crippen molar-refractivity contribution in [2.75, 3.05) is 32.8 Å². The number of halogens is 1. The van der Waals surface area contributed by atoms with E-state index in [1.54, 1.807) is 22.9 Å². The van der Waals surface area contributed by atoms with Crippen molar-refractivity contribution in [2.24, 2.45) is 0 Å². The molecular weight excluding hydrogens is 590 g/mol. The largest absolute Gasteiger partial charge is 0.487 e. The molecule has 0 spiro atoms. The molecule has 1 aliphatic carbocycles. The number of thioether (sulfide) groups is 1. The lowest BCUT2D eigenvalue weighted by molar-refractivity contribution is 0.0752. The summed E-state index contributed by atoms with van der Waals surface area (Å²) in [6.07, 6.45) is 5.76. The molecular formula is C30H34BrN5O3S. The van der Waals surface area contributed by atoms with E-state index in [-0.39, 0.29) is 12.7 Å². The lowest BCUT2D eigenvalue weighted by Gasteiger charge is -2.36. The van der Waals surface area contributed by atoms with Crippen LogP contribution in [-0.4, -0.2) is 74.5 Å². The van der Waals surface area contributed by atoms with Gasteiger partial charge in [-0.2, -0.15) is 0 Å². The van der Waals surface area contributed by atoms with Gasteiger partial charge < -0.3 is 14.4 Å². The van der Waals surface area contributed by atoms with Crippen molar-refractivity contribution >= 4 is 33.8 Å². The highest BCUT2D eigenvalue weighted by atomic mass is 79.9. The zero-order chi connectivity index (χ0) is 28.1. The summed E-state index contributed by atoms with van der Waals surface area (Å²) in [6.45, 7) is 9.87. The molecule has 3 heterocycles. The molecule has 210 valence electrons. The van der Waals surface area contributed by atoms with Crippen LogP contribution in [0.25, 0.3) is 5.69 Å². The molecule has 1 saturated carbocycles. The lowest BCUT2D eigenvalue weighted by atomic mass is 10.1. The molecule has 8 nitrogen and oxygen atoms in total. The molecule has 0 bridgehead atoms. The van der Waals surface area contributed by atoms with Gasteiger partial charge in [-0.1, -0.05) is 23.6 Å². The average Bonchev–Trinajstić information content (AvgIpc) is 3.72. The van der Waals surface area contributed by atoms with Gasteiger partial charge in [0.2, 0.25) is 0 Å². The normalized spacial score (nSPS) is 15.6. The van der Waals surface area contributed by atoms with Crippen LogP contribution in [0.15, 0.2) is 52.5 Å². The summed E-state index contributed by atoms with van der Waals surface area (Å²) in [6, 6.07) is 10.3. The van der Waals surface area contributed by atoms with Gasteiger partial charge in [0.15, 0.2) is 11.8 Å². The first kappa shape index (κ1) is 28.5. The van der Waals surface area contributed by atoms with Crippen molar-refractivity contribution in [3.63, 3.8) is 0 Å². The summed E-state index contributed by atoms with van der Waals surface area (Å²) < 4.78 is 14.5. The van der Waals surface area contributed by atoms with Gasteiger partial charge in [0.25, 0.3) is 0 Å². The number of aryl methyl sites for hydroxylation is 1. The van der Waals surface area contributed by atoms with E-state index in [9.17, 15) is 4.79 Å². The predicted molar refractivity (Wildman–Crippen MR) is 160 cm³/mol. The number of pyridine rings is 1. The fourth-order valence-corrected chi connectivity index (χ4v) is 6.17. The van der Waals surface area contributed by atoms with Crippen LogP contribution >= 0.6 is 27.7 Å². The summed E-state index contributed by atoms with van der Waals surface area (Å²) in [4.78, 5) is 25.6. The highest BCUT2D eigenvalue weighted by molar-refractivity contribution is 9.10. The van der Waals surface area contributed by atoms with Crippen molar-refractivity contribution in [3.8, 4) is 23.3 Å². The van der Waals surface area contributed by atoms with Gasteiger partial charge in [0.05, 0.1) is 17.6 Å². The number of benzene rings is 1. The lowest BCUT2D eigenvalue weighted by Crippen LogP contribution is -2.50. The van der Waals surface area contributed by atoms with E-state index in [0.29, 0.717) is 31.0 Å². The predicted octanol–water partition coefficient (Wildman–Crippen LogP) is 5.69. The van der Waals surface area contributed by atoms with Crippen LogP contribution in [0, 0.1) is 18.8 Å². The van der Waals surface area contributed by atoms with E-state index >= 15 is 0 Å². The molecule has 0 atom stereocenters. The van der Waals surface area contributed by atoms with Gasteiger partial charge in [0, 0.05) is 49.2 Å². The molecule has 1 saturated heterocycles. The molecule has 2 aliphatic rings. The van der Waals surface area contributed by atoms with E-state index in [1.807, 2.05) is 43.5 Å². The fourth-order valence-electron chi connectivity index (χ4n) is 4.46. The quantitative estimate of drug-likeness (QED) is 0.299. The summed E-state index contributed by atoms with van der Waals surface area (Å²) in [5.74, 6) is 6.84. The number of piperazine rings is 1. The maximum Gasteiger partial charge on any atom is 0.410 e. The monoisotopic (exact) mass is 623 g/mol. The Balaban J connectivity index is 1.18. The Hall–Kier alpha value is -3.00. The molecule has 1 aromatic carbocycles. The molecule has 1 amide bonds. The SMILES string of the molecule is Cc1cc(OCc2c(Br)nc(SC3CC3)n2-c2cccnc2)ccc1C#CCOC(=O)N1CCN(C(C)C)CC1. The van der Waals surface area contributed by atoms with Crippen LogP contribution < -0.4 is 4.74 Å². The standard InChI is InChI=1S/C30H34BrN5O3S/c1-21(2)34-13-15-35(16-14-34)30(37)38-17-5-6-23-8-9-25(18-22(23)3)39-20-27-28(31)33-29(40-26-10-11-26)36(27)24-7-4-12-32-19-24/h4,7-9,12,18-19,21,26H,10-11,13-17,20H2,1-3H3. The first-order valence-electron chi connectivity index (χ1n) is 13.6. The van der Waals surface area contributed by atoms with E-state index in [1.165, 1.54) is 12.8 Å². The third kappa shape index (κ3) is 7.19. The Morgan fingerprint density at radius 3 is 2.67 bits per heavy atom. The summed E-state index contributed by atoms with van der Waals surface area (Å²) in [5.41, 5.74) is 3.76. The van der Waals surface area contributed by atoms with Crippen molar-refractivity contribution in [3.05, 3.63) is 64.1 Å². The number of rotatable bonds is 8. The molecule has 10 heteroatoms. The number of carbonyl (C=O) groups excluding carboxylic acids is 1. The van der Waals surface area contributed by atoms with Gasteiger partial charge in [0.1, 0.15) is 17.0 Å². The Morgan fingerprint density at radius 2 is 2.00 bits per heavy atom. The number of ether oxygens (including phenoxy) is 2. The van der Waals surface area contributed by atoms with Crippen molar-refractivity contribution in [1.82, 2.24) is 24.3 Å². The van der Waals surface area contributed by atoms with Crippen molar-refractivity contribution in [1.29, 1.82) is 0 Å². The van der Waals surface area contributed by atoms with Gasteiger partial charge in [-0.25, -0.2) is 9.78 Å². The van der Waals surface area contributed by atoms with Crippen molar-refractivity contribution in [2.45, 2.75) is 56.7 Å². The van der Waals surface area contributed by atoms with E-state index in [0.717, 1.165) is 51.1 Å². The molecule has 2 aromatic heterocycles. The molecule has 1 aliphatic heterocycles. The number of hydrogen-bond donors (Lipinski definition) is 0. The van der Waals surface area contributed by atoms with Crippen LogP contribution in [0.4, 0.5) is 4.79 Å². The first-order chi connectivity index (χ1) is 19.4. The maximum absolute atomic E-state index is 12.4. The molecule has 0 radical (unpaired) electrons. The number of carbonyl (C=O) groups is 1. The van der Waals surface area contributed by atoms with Crippen LogP contribution in [0.2, 0.25) is 0 Å². The molecule has 3 aromatic rings. The number of imidazole rings is 1. The highest BCUT2D eigenvalue weighted by Gasteiger charge is 2.28. The maximum atomic E-state index is 12.4. The van der Waals surface area contributed by atoms with Crippen LogP contribution in [-0.2, 0) is 11.3 Å². The molecule has 5 rings (SSSR count). The number of nitrogens with zero attached hydrogens (tertiary/aromatic N) is 5.